The van der Waals surface area contributed by atoms with Crippen LogP contribution in [0.15, 0.2) is 55.0 Å². The third kappa shape index (κ3) is 6.07. The van der Waals surface area contributed by atoms with Crippen LogP contribution in [-0.2, 0) is 11.2 Å². The Labute approximate surface area is 175 Å². The van der Waals surface area contributed by atoms with Gasteiger partial charge in [0.2, 0.25) is 0 Å². The van der Waals surface area contributed by atoms with Gasteiger partial charge in [-0.25, -0.2) is 9.97 Å². The van der Waals surface area contributed by atoms with E-state index in [1.165, 1.54) is 5.56 Å². The van der Waals surface area contributed by atoms with Crippen molar-refractivity contribution in [1.29, 1.82) is 0 Å². The molecule has 0 spiro atoms. The standard InChI is InChI=1S/C22H26N6O2/c1-30-13-3-11-24-12-9-16-5-7-17(8-6-16)19-15-26-21(23)20(28-19)22(29)27-18-4-2-10-25-14-18/h2,4-8,10,14-15,24H,3,9,11-13H2,1H3,(H2,23,26)(H,27,29). The molecule has 0 aliphatic heterocycles. The lowest BCUT2D eigenvalue weighted by molar-refractivity contribution is 0.102. The second-order valence-electron chi connectivity index (χ2n) is 6.73. The van der Waals surface area contributed by atoms with Crippen LogP contribution in [0, 0.1) is 0 Å². The average molecular weight is 406 g/mol. The van der Waals surface area contributed by atoms with E-state index in [0.29, 0.717) is 11.4 Å². The fourth-order valence-corrected chi connectivity index (χ4v) is 2.87. The highest BCUT2D eigenvalue weighted by molar-refractivity contribution is 6.05. The number of hydrogen-bond donors (Lipinski definition) is 3. The van der Waals surface area contributed by atoms with Crippen molar-refractivity contribution in [3.8, 4) is 11.3 Å². The second-order valence-corrected chi connectivity index (χ2v) is 6.73. The average Bonchev–Trinajstić information content (AvgIpc) is 2.77. The fraction of sp³-hybridized carbons (Fsp3) is 0.273. The summed E-state index contributed by atoms with van der Waals surface area (Å²) in [4.78, 5) is 25.1. The summed E-state index contributed by atoms with van der Waals surface area (Å²) >= 11 is 0. The lowest BCUT2D eigenvalue weighted by Crippen LogP contribution is -2.19. The minimum absolute atomic E-state index is 0.0799. The Bertz CT molecular complexity index is 948. The highest BCUT2D eigenvalue weighted by Crippen LogP contribution is 2.20. The van der Waals surface area contributed by atoms with Gasteiger partial charge < -0.3 is 21.1 Å². The Hall–Kier alpha value is -3.36. The number of rotatable bonds is 10. The van der Waals surface area contributed by atoms with Crippen LogP contribution < -0.4 is 16.4 Å². The summed E-state index contributed by atoms with van der Waals surface area (Å²) in [5.41, 5.74) is 9.20. The van der Waals surface area contributed by atoms with E-state index < -0.39 is 5.91 Å². The molecule has 4 N–H and O–H groups in total. The van der Waals surface area contributed by atoms with Gasteiger partial charge in [-0.05, 0) is 43.6 Å². The third-order valence-electron chi connectivity index (χ3n) is 4.48. The van der Waals surface area contributed by atoms with Crippen LogP contribution in [0.25, 0.3) is 11.3 Å². The summed E-state index contributed by atoms with van der Waals surface area (Å²) in [6.45, 7) is 2.62. The van der Waals surface area contributed by atoms with Gasteiger partial charge >= 0.3 is 0 Å². The van der Waals surface area contributed by atoms with Gasteiger partial charge in [0.25, 0.3) is 5.91 Å². The Morgan fingerprint density at radius 3 is 2.70 bits per heavy atom. The predicted octanol–water partition coefficient (Wildman–Crippen LogP) is 2.54. The number of pyridine rings is 1. The molecule has 3 rings (SSSR count). The number of nitrogens with zero attached hydrogens (tertiary/aromatic N) is 3. The Morgan fingerprint density at radius 2 is 1.97 bits per heavy atom. The third-order valence-corrected chi connectivity index (χ3v) is 4.48. The molecule has 1 amide bonds. The van der Waals surface area contributed by atoms with Crippen LogP contribution in [-0.4, -0.2) is 47.7 Å². The van der Waals surface area contributed by atoms with Crippen molar-refractivity contribution in [2.24, 2.45) is 0 Å². The number of carbonyl (C=O) groups is 1. The quantitative estimate of drug-likeness (QED) is 0.443. The number of ether oxygens (including phenoxy) is 1. The van der Waals surface area contributed by atoms with Crippen molar-refractivity contribution in [2.45, 2.75) is 12.8 Å². The maximum Gasteiger partial charge on any atom is 0.278 e. The minimum Gasteiger partial charge on any atom is -0.385 e. The van der Waals surface area contributed by atoms with Crippen molar-refractivity contribution in [2.75, 3.05) is 37.9 Å². The number of nitrogens with one attached hydrogen (secondary N) is 2. The molecule has 0 saturated heterocycles. The van der Waals surface area contributed by atoms with Crippen LogP contribution >= 0.6 is 0 Å². The number of nitrogens with two attached hydrogens (primary N) is 1. The SMILES string of the molecule is COCCCNCCc1ccc(-c2cnc(N)c(C(=O)Nc3cccnc3)n2)cc1. The van der Waals surface area contributed by atoms with Crippen molar-refractivity contribution in [3.05, 3.63) is 66.2 Å². The van der Waals surface area contributed by atoms with Gasteiger partial charge in [0, 0.05) is 25.5 Å². The molecule has 0 saturated carbocycles. The molecule has 3 aromatic rings. The van der Waals surface area contributed by atoms with E-state index in [0.717, 1.165) is 38.1 Å². The molecule has 0 aliphatic carbocycles. The largest absolute Gasteiger partial charge is 0.385 e. The number of amides is 1. The van der Waals surface area contributed by atoms with Gasteiger partial charge in [0.05, 0.1) is 23.8 Å². The Balaban J connectivity index is 1.63. The topological polar surface area (TPSA) is 115 Å². The van der Waals surface area contributed by atoms with Gasteiger partial charge in [0.1, 0.15) is 0 Å². The van der Waals surface area contributed by atoms with E-state index in [1.807, 2.05) is 12.1 Å². The highest BCUT2D eigenvalue weighted by Gasteiger charge is 2.15. The van der Waals surface area contributed by atoms with Crippen molar-refractivity contribution < 1.29 is 9.53 Å². The Kier molecular flexibility index (Phi) is 7.82. The van der Waals surface area contributed by atoms with E-state index >= 15 is 0 Å². The van der Waals surface area contributed by atoms with Crippen LogP contribution in [0.5, 0.6) is 0 Å². The molecule has 1 aromatic carbocycles. The zero-order valence-corrected chi connectivity index (χ0v) is 17.0. The smallest absolute Gasteiger partial charge is 0.278 e. The first-order valence-electron chi connectivity index (χ1n) is 9.80. The van der Waals surface area contributed by atoms with Gasteiger partial charge in [-0.15, -0.1) is 0 Å². The number of methoxy groups -OCH3 is 1. The Morgan fingerprint density at radius 1 is 1.13 bits per heavy atom. The zero-order chi connectivity index (χ0) is 21.2. The van der Waals surface area contributed by atoms with E-state index in [2.05, 4.69) is 37.7 Å². The summed E-state index contributed by atoms with van der Waals surface area (Å²) in [6, 6.07) is 11.5. The molecule has 30 heavy (non-hydrogen) atoms. The monoisotopic (exact) mass is 406 g/mol. The molecular weight excluding hydrogens is 380 g/mol. The van der Waals surface area contributed by atoms with Crippen molar-refractivity contribution >= 4 is 17.4 Å². The lowest BCUT2D eigenvalue weighted by Gasteiger charge is -2.09. The molecule has 0 atom stereocenters. The van der Waals surface area contributed by atoms with Crippen molar-refractivity contribution in [3.63, 3.8) is 0 Å². The lowest BCUT2D eigenvalue weighted by atomic mass is 10.1. The van der Waals surface area contributed by atoms with Crippen LogP contribution in [0.4, 0.5) is 11.5 Å². The van der Waals surface area contributed by atoms with E-state index in [-0.39, 0.29) is 11.5 Å². The first-order valence-corrected chi connectivity index (χ1v) is 9.80. The molecule has 0 fully saturated rings. The number of carbonyl (C=O) groups excluding carboxylic acids is 1. The summed E-state index contributed by atoms with van der Waals surface area (Å²) < 4.78 is 5.04. The van der Waals surface area contributed by atoms with Crippen LogP contribution in [0.3, 0.4) is 0 Å². The normalized spacial score (nSPS) is 10.7. The maximum atomic E-state index is 12.5. The molecule has 8 heteroatoms. The predicted molar refractivity (Wildman–Crippen MR) is 117 cm³/mol. The number of aromatic nitrogens is 3. The number of benzene rings is 1. The fourth-order valence-electron chi connectivity index (χ4n) is 2.87. The van der Waals surface area contributed by atoms with Crippen LogP contribution in [0.2, 0.25) is 0 Å². The molecular formula is C22H26N6O2. The van der Waals surface area contributed by atoms with E-state index in [1.54, 1.807) is 37.8 Å². The molecule has 0 aliphatic rings. The van der Waals surface area contributed by atoms with E-state index in [9.17, 15) is 4.79 Å². The first-order chi connectivity index (χ1) is 14.7. The van der Waals surface area contributed by atoms with Crippen LogP contribution in [0.1, 0.15) is 22.5 Å². The summed E-state index contributed by atoms with van der Waals surface area (Å²) in [6.07, 6.45) is 6.69. The van der Waals surface area contributed by atoms with Crippen molar-refractivity contribution in [1.82, 2.24) is 20.3 Å². The summed E-state index contributed by atoms with van der Waals surface area (Å²) in [7, 11) is 1.71. The molecule has 0 bridgehead atoms. The van der Waals surface area contributed by atoms with E-state index in [4.69, 9.17) is 10.5 Å². The van der Waals surface area contributed by atoms with Gasteiger partial charge in [-0.1, -0.05) is 24.3 Å². The van der Waals surface area contributed by atoms with Gasteiger partial charge in [0.15, 0.2) is 11.5 Å². The number of hydrogen-bond acceptors (Lipinski definition) is 7. The molecule has 0 unspecified atom stereocenters. The summed E-state index contributed by atoms with van der Waals surface area (Å²) in [5, 5.41) is 6.13. The number of anilines is 2. The first kappa shape index (κ1) is 21.4. The zero-order valence-electron chi connectivity index (χ0n) is 17.0. The van der Waals surface area contributed by atoms with Gasteiger partial charge in [-0.2, -0.15) is 0 Å². The molecule has 2 aromatic heterocycles. The minimum atomic E-state index is -0.425. The molecule has 0 radical (unpaired) electrons. The molecule has 8 nitrogen and oxygen atoms in total. The molecule has 156 valence electrons. The second kappa shape index (κ2) is 11.0. The maximum absolute atomic E-state index is 12.5. The van der Waals surface area contributed by atoms with Gasteiger partial charge in [-0.3, -0.25) is 9.78 Å². The number of nitrogen functional groups attached to an aromatic ring is 1. The summed E-state index contributed by atoms with van der Waals surface area (Å²) in [5.74, 6) is -0.345. The molecule has 2 heterocycles. The highest BCUT2D eigenvalue weighted by atomic mass is 16.5.